The van der Waals surface area contributed by atoms with E-state index in [4.69, 9.17) is 0 Å². The molecule has 0 fully saturated rings. The van der Waals surface area contributed by atoms with Gasteiger partial charge in [0.05, 0.1) is 4.92 Å². The van der Waals surface area contributed by atoms with Crippen LogP contribution >= 0.6 is 0 Å². The van der Waals surface area contributed by atoms with Crippen LogP contribution in [0.25, 0.3) is 0 Å². The number of nitro benzene ring substituents is 1. The molecule has 0 radical (unpaired) electrons. The molecule has 0 aliphatic heterocycles. The van der Waals surface area contributed by atoms with E-state index in [0.717, 1.165) is 0 Å². The molecule has 0 saturated carbocycles. The maximum atomic E-state index is 12.7. The van der Waals surface area contributed by atoms with Crippen molar-refractivity contribution in [3.8, 4) is 0 Å². The summed E-state index contributed by atoms with van der Waals surface area (Å²) in [6.07, 6.45) is -3.42. The van der Waals surface area contributed by atoms with Crippen LogP contribution in [0.5, 0.6) is 0 Å². The van der Waals surface area contributed by atoms with E-state index in [1.54, 1.807) is 0 Å². The molecule has 0 heterocycles. The van der Waals surface area contributed by atoms with Crippen molar-refractivity contribution >= 4 is 5.69 Å². The van der Waals surface area contributed by atoms with Gasteiger partial charge in [0.2, 0.25) is 5.82 Å². The normalized spacial score (nSPS) is 10.6. The molecule has 3 nitrogen and oxygen atoms in total. The second-order valence-corrected chi connectivity index (χ2v) is 2.35. The molecule has 1 aromatic carbocycles. The van der Waals surface area contributed by atoms with Crippen molar-refractivity contribution in [1.82, 2.24) is 0 Å². The van der Waals surface area contributed by atoms with Crippen molar-refractivity contribution in [2.45, 2.75) is 6.43 Å². The van der Waals surface area contributed by atoms with E-state index in [1.165, 1.54) is 0 Å². The fourth-order valence-corrected chi connectivity index (χ4v) is 0.950. The Kier molecular flexibility index (Phi) is 2.68. The first kappa shape index (κ1) is 10.4. The molecular weight excluding hydrogens is 206 g/mol. The lowest BCUT2D eigenvalue weighted by Gasteiger charge is -2.03. The molecule has 1 rings (SSSR count). The molecule has 0 aromatic heterocycles. The lowest BCUT2D eigenvalue weighted by atomic mass is 10.1. The molecule has 76 valence electrons. The minimum Gasteiger partial charge on any atom is -0.258 e. The van der Waals surface area contributed by atoms with Gasteiger partial charge in [-0.3, -0.25) is 10.1 Å². The smallest absolute Gasteiger partial charge is 0.258 e. The first-order valence-corrected chi connectivity index (χ1v) is 3.35. The number of alkyl halides is 2. The number of nitrogens with zero attached hydrogens (tertiary/aromatic N) is 1. The van der Waals surface area contributed by atoms with Gasteiger partial charge >= 0.3 is 5.69 Å². The quantitative estimate of drug-likeness (QED) is 0.427. The molecule has 0 saturated heterocycles. The molecule has 1 aromatic rings. The SMILES string of the molecule is O=[N+]([O-])c1c(F)ccc(F)c1C(F)F. The van der Waals surface area contributed by atoms with Gasteiger partial charge in [0.25, 0.3) is 6.43 Å². The summed E-state index contributed by atoms with van der Waals surface area (Å²) in [6.45, 7) is 0. The van der Waals surface area contributed by atoms with E-state index in [1.807, 2.05) is 0 Å². The predicted molar refractivity (Wildman–Crippen MR) is 38.0 cm³/mol. The molecule has 0 bridgehead atoms. The largest absolute Gasteiger partial charge is 0.316 e. The van der Waals surface area contributed by atoms with E-state index in [9.17, 15) is 27.7 Å². The lowest BCUT2D eigenvalue weighted by Crippen LogP contribution is -2.02. The average Bonchev–Trinajstić information content (AvgIpc) is 2.07. The molecule has 0 spiro atoms. The van der Waals surface area contributed by atoms with Crippen molar-refractivity contribution < 1.29 is 22.5 Å². The maximum Gasteiger partial charge on any atom is 0.316 e. The van der Waals surface area contributed by atoms with E-state index >= 15 is 0 Å². The lowest BCUT2D eigenvalue weighted by molar-refractivity contribution is -0.389. The monoisotopic (exact) mass is 209 g/mol. The summed E-state index contributed by atoms with van der Waals surface area (Å²) >= 11 is 0. The fourth-order valence-electron chi connectivity index (χ4n) is 0.950. The van der Waals surface area contributed by atoms with Gasteiger partial charge in [-0.1, -0.05) is 0 Å². The Morgan fingerprint density at radius 2 is 1.71 bits per heavy atom. The minimum absolute atomic E-state index is 0.420. The third kappa shape index (κ3) is 1.66. The van der Waals surface area contributed by atoms with Crippen LogP contribution in [-0.2, 0) is 0 Å². The van der Waals surface area contributed by atoms with Crippen LogP contribution in [0.15, 0.2) is 12.1 Å². The summed E-state index contributed by atoms with van der Waals surface area (Å²) in [6, 6.07) is 0.850. The van der Waals surface area contributed by atoms with Crippen LogP contribution in [0.1, 0.15) is 12.0 Å². The zero-order valence-corrected chi connectivity index (χ0v) is 6.51. The predicted octanol–water partition coefficient (Wildman–Crippen LogP) is 2.81. The van der Waals surface area contributed by atoms with Gasteiger partial charge in [-0.25, -0.2) is 13.2 Å². The maximum absolute atomic E-state index is 12.7. The van der Waals surface area contributed by atoms with E-state index in [-0.39, 0.29) is 0 Å². The highest BCUT2D eigenvalue weighted by molar-refractivity contribution is 5.43. The first-order chi connectivity index (χ1) is 6.45. The molecule has 7 heteroatoms. The Morgan fingerprint density at radius 1 is 1.21 bits per heavy atom. The summed E-state index contributed by atoms with van der Waals surface area (Å²) < 4.78 is 49.6. The molecule has 0 aliphatic carbocycles. The van der Waals surface area contributed by atoms with Crippen molar-refractivity contribution in [1.29, 1.82) is 0 Å². The highest BCUT2D eigenvalue weighted by atomic mass is 19.3. The Balaban J connectivity index is 3.50. The molecule has 0 amide bonds. The minimum atomic E-state index is -3.42. The molecule has 0 atom stereocenters. The summed E-state index contributed by atoms with van der Waals surface area (Å²) in [5.74, 6) is -2.97. The zero-order chi connectivity index (χ0) is 10.9. The van der Waals surface area contributed by atoms with Gasteiger partial charge in [-0.2, -0.15) is 4.39 Å². The average molecular weight is 209 g/mol. The van der Waals surface area contributed by atoms with Crippen molar-refractivity contribution in [2.75, 3.05) is 0 Å². The van der Waals surface area contributed by atoms with Gasteiger partial charge in [0, 0.05) is 0 Å². The Hall–Kier alpha value is -1.66. The summed E-state index contributed by atoms with van der Waals surface area (Å²) in [5.41, 5.74) is -3.03. The topological polar surface area (TPSA) is 43.1 Å². The van der Waals surface area contributed by atoms with Crippen molar-refractivity contribution in [3.05, 3.63) is 39.4 Å². The molecule has 0 unspecified atom stereocenters. The third-order valence-electron chi connectivity index (χ3n) is 1.52. The van der Waals surface area contributed by atoms with Crippen molar-refractivity contribution in [2.24, 2.45) is 0 Å². The molecular formula is C7H3F4NO2. The summed E-state index contributed by atoms with van der Waals surface area (Å²) in [5, 5.41) is 10.2. The van der Waals surface area contributed by atoms with E-state index in [0.29, 0.717) is 12.1 Å². The van der Waals surface area contributed by atoms with Crippen LogP contribution in [-0.4, -0.2) is 4.92 Å². The number of hydrogen-bond donors (Lipinski definition) is 0. The second kappa shape index (κ2) is 3.60. The van der Waals surface area contributed by atoms with Crippen molar-refractivity contribution in [3.63, 3.8) is 0 Å². The molecule has 14 heavy (non-hydrogen) atoms. The van der Waals surface area contributed by atoms with Crippen LogP contribution in [0.2, 0.25) is 0 Å². The van der Waals surface area contributed by atoms with Crippen LogP contribution in [0.4, 0.5) is 23.2 Å². The summed E-state index contributed by atoms with van der Waals surface area (Å²) in [4.78, 5) is 8.79. The number of nitro groups is 1. The van der Waals surface area contributed by atoms with Gasteiger partial charge in [-0.05, 0) is 12.1 Å². The Bertz CT molecular complexity index is 380. The van der Waals surface area contributed by atoms with Crippen LogP contribution in [0.3, 0.4) is 0 Å². The van der Waals surface area contributed by atoms with Gasteiger partial charge in [0.1, 0.15) is 11.4 Å². The number of halogens is 4. The van der Waals surface area contributed by atoms with Crippen LogP contribution < -0.4 is 0 Å². The van der Waals surface area contributed by atoms with E-state index < -0.39 is 34.2 Å². The fraction of sp³-hybridized carbons (Fsp3) is 0.143. The van der Waals surface area contributed by atoms with Gasteiger partial charge < -0.3 is 0 Å². The Labute approximate surface area is 75.1 Å². The third-order valence-corrected chi connectivity index (χ3v) is 1.52. The number of benzene rings is 1. The Morgan fingerprint density at radius 3 is 2.07 bits per heavy atom. The van der Waals surface area contributed by atoms with E-state index in [2.05, 4.69) is 0 Å². The van der Waals surface area contributed by atoms with Gasteiger partial charge in [-0.15, -0.1) is 0 Å². The standard InChI is InChI=1S/C7H3F4NO2/c8-3-1-2-4(9)6(12(13)14)5(3)7(10)11/h1-2,7H. The molecule has 0 N–H and O–H groups in total. The number of hydrogen-bond acceptors (Lipinski definition) is 2. The molecule has 0 aliphatic rings. The van der Waals surface area contributed by atoms with Crippen LogP contribution in [0, 0.1) is 21.7 Å². The number of rotatable bonds is 2. The highest BCUT2D eigenvalue weighted by Gasteiger charge is 2.29. The summed E-state index contributed by atoms with van der Waals surface area (Å²) in [7, 11) is 0. The zero-order valence-electron chi connectivity index (χ0n) is 6.51. The first-order valence-electron chi connectivity index (χ1n) is 3.35. The highest BCUT2D eigenvalue weighted by Crippen LogP contribution is 2.33. The van der Waals surface area contributed by atoms with Gasteiger partial charge in [0.15, 0.2) is 0 Å². The second-order valence-electron chi connectivity index (χ2n) is 2.35.